The molecule has 73 heavy (non-hydrogen) atoms. The Balaban J connectivity index is 0.911. The lowest BCUT2D eigenvalue weighted by atomic mass is 9.67. The van der Waals surface area contributed by atoms with Gasteiger partial charge in [-0.05, 0) is 139 Å². The van der Waals surface area contributed by atoms with Gasteiger partial charge >= 0.3 is 0 Å². The summed E-state index contributed by atoms with van der Waals surface area (Å²) >= 11 is 0. The predicted molar refractivity (Wildman–Crippen MR) is 307 cm³/mol. The molecule has 12 aromatic rings. The van der Waals surface area contributed by atoms with Crippen molar-refractivity contribution in [1.82, 2.24) is 0 Å². The number of fused-ring (bicyclic) bond motifs is 4. The van der Waals surface area contributed by atoms with E-state index in [-0.39, 0.29) is 0 Å². The van der Waals surface area contributed by atoms with Gasteiger partial charge in [-0.15, -0.1) is 0 Å². The third-order valence-corrected chi connectivity index (χ3v) is 14.8. The van der Waals surface area contributed by atoms with Crippen LogP contribution in [0.1, 0.15) is 22.3 Å². The second kappa shape index (κ2) is 18.7. The third kappa shape index (κ3) is 7.69. The van der Waals surface area contributed by atoms with E-state index in [0.717, 1.165) is 39.7 Å². The molecule has 0 saturated heterocycles. The Bertz CT molecular complexity index is 3730. The predicted octanol–water partition coefficient (Wildman–Crippen LogP) is 19.1. The molecular weight excluding hydrogens is 881 g/mol. The Morgan fingerprint density at radius 3 is 1.16 bits per heavy atom. The van der Waals surface area contributed by atoms with Gasteiger partial charge < -0.3 is 9.80 Å². The SMILES string of the molecule is c1ccc(-c2ccc(N(c3ccc(-c4ccccc4)cc3)c3ccc(-c4ccc(N(c5ccccc5)c5ccc6c(c5)C(c5ccccc5)(c5ccccc5)c5ccccc5-6)cc4)c4ccccc34)cc2)cc1. The maximum absolute atomic E-state index is 2.44. The molecule has 13 rings (SSSR count). The largest absolute Gasteiger partial charge is 0.310 e. The van der Waals surface area contributed by atoms with Gasteiger partial charge in [0.1, 0.15) is 0 Å². The minimum Gasteiger partial charge on any atom is -0.310 e. The minimum atomic E-state index is -0.503. The molecule has 0 saturated carbocycles. The molecule has 0 unspecified atom stereocenters. The molecule has 0 aromatic heterocycles. The first-order valence-electron chi connectivity index (χ1n) is 25.2. The molecule has 2 nitrogen and oxygen atoms in total. The van der Waals surface area contributed by atoms with Crippen molar-refractivity contribution < 1.29 is 0 Å². The quantitative estimate of drug-likeness (QED) is 0.128. The van der Waals surface area contributed by atoms with Crippen molar-refractivity contribution in [1.29, 1.82) is 0 Å². The zero-order valence-corrected chi connectivity index (χ0v) is 40.3. The van der Waals surface area contributed by atoms with E-state index in [2.05, 4.69) is 313 Å². The molecule has 0 spiro atoms. The van der Waals surface area contributed by atoms with E-state index >= 15 is 0 Å². The first-order valence-corrected chi connectivity index (χ1v) is 25.2. The van der Waals surface area contributed by atoms with Crippen LogP contribution in [-0.2, 0) is 5.41 Å². The van der Waals surface area contributed by atoms with Crippen LogP contribution in [0, 0.1) is 0 Å². The Morgan fingerprint density at radius 1 is 0.219 bits per heavy atom. The molecule has 1 aliphatic carbocycles. The molecule has 0 N–H and O–H groups in total. The summed E-state index contributed by atoms with van der Waals surface area (Å²) in [7, 11) is 0. The van der Waals surface area contributed by atoms with E-state index in [1.54, 1.807) is 0 Å². The lowest BCUT2D eigenvalue weighted by Gasteiger charge is -2.35. The summed E-state index contributed by atoms with van der Waals surface area (Å²) in [6.07, 6.45) is 0. The molecule has 1 aliphatic rings. The summed E-state index contributed by atoms with van der Waals surface area (Å²) in [6, 6.07) is 111. The smallest absolute Gasteiger partial charge is 0.0714 e. The standard InChI is InChI=1S/C71H50N2/c1-6-20-51(21-7-1)53-34-40-60(41-35-53)73(61-42-36-54(37-43-61)52-22-8-2-9-23-52)70-49-48-63(64-30-16-17-32-67(64)70)55-38-44-59(45-39-55)72(58-28-14-5-15-29-58)62-46-47-66-65-31-18-19-33-68(65)71(69(66)50-62,56-24-10-3-11-25-56)57-26-12-4-13-27-57/h1-50H. The highest BCUT2D eigenvalue weighted by Crippen LogP contribution is 2.57. The lowest BCUT2D eigenvalue weighted by Crippen LogP contribution is -2.28. The van der Waals surface area contributed by atoms with Gasteiger partial charge in [0, 0.05) is 33.8 Å². The molecular formula is C71H50N2. The summed E-state index contributed by atoms with van der Waals surface area (Å²) < 4.78 is 0. The van der Waals surface area contributed by atoms with Gasteiger partial charge in [-0.2, -0.15) is 0 Å². The lowest BCUT2D eigenvalue weighted by molar-refractivity contribution is 0.768. The molecule has 0 fully saturated rings. The van der Waals surface area contributed by atoms with E-state index in [1.165, 1.54) is 72.0 Å². The molecule has 0 heterocycles. The maximum Gasteiger partial charge on any atom is 0.0714 e. The molecule has 12 aromatic carbocycles. The normalized spacial score (nSPS) is 12.2. The zero-order valence-electron chi connectivity index (χ0n) is 40.3. The van der Waals surface area contributed by atoms with Crippen LogP contribution in [0.25, 0.3) is 55.3 Å². The van der Waals surface area contributed by atoms with E-state index in [0.29, 0.717) is 0 Å². The van der Waals surface area contributed by atoms with Crippen molar-refractivity contribution in [2.24, 2.45) is 0 Å². The van der Waals surface area contributed by atoms with Crippen molar-refractivity contribution in [3.63, 3.8) is 0 Å². The number of hydrogen-bond acceptors (Lipinski definition) is 2. The van der Waals surface area contributed by atoms with Crippen LogP contribution in [-0.4, -0.2) is 0 Å². The second-order valence-electron chi connectivity index (χ2n) is 18.8. The summed E-state index contributed by atoms with van der Waals surface area (Å²) in [6.45, 7) is 0. The van der Waals surface area contributed by atoms with Crippen LogP contribution in [0.15, 0.2) is 303 Å². The Labute approximate surface area is 428 Å². The van der Waals surface area contributed by atoms with Crippen molar-refractivity contribution in [2.75, 3.05) is 9.80 Å². The minimum absolute atomic E-state index is 0.503. The van der Waals surface area contributed by atoms with E-state index in [4.69, 9.17) is 0 Å². The van der Waals surface area contributed by atoms with Gasteiger partial charge in [-0.1, -0.05) is 237 Å². The average molecular weight is 931 g/mol. The molecule has 0 amide bonds. The van der Waals surface area contributed by atoms with Crippen LogP contribution >= 0.6 is 0 Å². The Morgan fingerprint density at radius 2 is 0.603 bits per heavy atom. The van der Waals surface area contributed by atoms with E-state index in [9.17, 15) is 0 Å². The highest BCUT2D eigenvalue weighted by atomic mass is 15.1. The highest BCUT2D eigenvalue weighted by molar-refractivity contribution is 6.06. The third-order valence-electron chi connectivity index (χ3n) is 14.8. The fourth-order valence-corrected chi connectivity index (χ4v) is 11.4. The van der Waals surface area contributed by atoms with Crippen molar-refractivity contribution >= 4 is 44.9 Å². The Hall–Kier alpha value is -9.50. The van der Waals surface area contributed by atoms with Crippen LogP contribution in [0.2, 0.25) is 0 Å². The zero-order chi connectivity index (χ0) is 48.6. The van der Waals surface area contributed by atoms with Crippen LogP contribution in [0.4, 0.5) is 34.1 Å². The van der Waals surface area contributed by atoms with Gasteiger partial charge in [0.05, 0.1) is 11.1 Å². The molecule has 0 aliphatic heterocycles. The summed E-state index contributed by atoms with van der Waals surface area (Å²) in [4.78, 5) is 4.80. The molecule has 344 valence electrons. The maximum atomic E-state index is 2.44. The van der Waals surface area contributed by atoms with Crippen molar-refractivity contribution in [3.05, 3.63) is 326 Å². The molecule has 0 bridgehead atoms. The first kappa shape index (κ1) is 43.5. The number of rotatable bonds is 11. The average Bonchev–Trinajstić information content (AvgIpc) is 3.78. The van der Waals surface area contributed by atoms with Gasteiger partial charge in [-0.25, -0.2) is 0 Å². The molecule has 0 radical (unpaired) electrons. The number of para-hydroxylation sites is 1. The van der Waals surface area contributed by atoms with Crippen molar-refractivity contribution in [3.8, 4) is 44.5 Å². The number of nitrogens with zero attached hydrogens (tertiary/aromatic N) is 2. The molecule has 2 heteroatoms. The fraction of sp³-hybridized carbons (Fsp3) is 0.0141. The monoisotopic (exact) mass is 930 g/mol. The topological polar surface area (TPSA) is 6.48 Å². The van der Waals surface area contributed by atoms with Crippen LogP contribution in [0.5, 0.6) is 0 Å². The van der Waals surface area contributed by atoms with Gasteiger partial charge in [0.25, 0.3) is 0 Å². The number of anilines is 6. The molecule has 0 atom stereocenters. The van der Waals surface area contributed by atoms with E-state index < -0.39 is 5.41 Å². The van der Waals surface area contributed by atoms with Crippen molar-refractivity contribution in [2.45, 2.75) is 5.41 Å². The number of hydrogen-bond donors (Lipinski definition) is 0. The summed E-state index contributed by atoms with van der Waals surface area (Å²) in [5, 5.41) is 2.37. The first-order chi connectivity index (χ1) is 36.2. The number of benzene rings is 12. The second-order valence-corrected chi connectivity index (χ2v) is 18.8. The summed E-state index contributed by atoms with van der Waals surface area (Å²) in [5.41, 5.74) is 20.8. The van der Waals surface area contributed by atoms with Gasteiger partial charge in [0.15, 0.2) is 0 Å². The van der Waals surface area contributed by atoms with Gasteiger partial charge in [-0.3, -0.25) is 0 Å². The Kier molecular flexibility index (Phi) is 11.1. The van der Waals surface area contributed by atoms with Gasteiger partial charge in [0.2, 0.25) is 0 Å². The van der Waals surface area contributed by atoms with Crippen LogP contribution < -0.4 is 9.80 Å². The van der Waals surface area contributed by atoms with E-state index in [1.807, 2.05) is 0 Å². The van der Waals surface area contributed by atoms with Crippen LogP contribution in [0.3, 0.4) is 0 Å². The summed E-state index contributed by atoms with van der Waals surface area (Å²) in [5.74, 6) is 0. The fourth-order valence-electron chi connectivity index (χ4n) is 11.4. The highest BCUT2D eigenvalue weighted by Gasteiger charge is 2.46.